The van der Waals surface area contributed by atoms with E-state index < -0.39 is 0 Å². The zero-order valence-corrected chi connectivity index (χ0v) is 55.5. The predicted molar refractivity (Wildman–Crippen MR) is 336 cm³/mol. The second-order valence-corrected chi connectivity index (χ2v) is 28.4. The van der Waals surface area contributed by atoms with Gasteiger partial charge in [0, 0.05) is 23.9 Å². The summed E-state index contributed by atoms with van der Waals surface area (Å²) in [6.45, 7) is 36.3. The Hall–Kier alpha value is 0.840. The van der Waals surface area contributed by atoms with E-state index in [1.165, 1.54) is 205 Å². The third kappa shape index (κ3) is 48.5. The summed E-state index contributed by atoms with van der Waals surface area (Å²) in [5.41, 5.74) is 0. The van der Waals surface area contributed by atoms with Gasteiger partial charge in [-0.1, -0.05) is 232 Å². The molecule has 0 aliphatic carbocycles. The molecule has 0 amide bonds. The molecule has 14 unspecified atom stereocenters. The van der Waals surface area contributed by atoms with Crippen LogP contribution < -0.4 is 0 Å². The van der Waals surface area contributed by atoms with Crippen molar-refractivity contribution in [1.82, 2.24) is 0 Å². The minimum absolute atomic E-state index is 0.166. The fourth-order valence-corrected chi connectivity index (χ4v) is 14.3. The molecule has 0 aromatic rings. The van der Waals surface area contributed by atoms with E-state index in [4.69, 9.17) is 14.2 Å². The average molecular weight is 1160 g/mol. The summed E-state index contributed by atoms with van der Waals surface area (Å²) >= 11 is 7.25. The number of alkyl halides is 2. The van der Waals surface area contributed by atoms with Crippen LogP contribution >= 0.6 is 31.9 Å². The lowest BCUT2D eigenvalue weighted by Gasteiger charge is -2.27. The summed E-state index contributed by atoms with van der Waals surface area (Å²) in [6.07, 6.45) is 46.7. The highest BCUT2D eigenvalue weighted by Gasteiger charge is 2.23. The number of unbranched alkanes of at least 4 members (excludes halogenated alkanes) is 14. The van der Waals surface area contributed by atoms with Crippen LogP contribution in [0.4, 0.5) is 0 Å². The van der Waals surface area contributed by atoms with Crippen molar-refractivity contribution >= 4 is 31.9 Å². The average Bonchev–Trinajstić information content (AvgIpc) is 3.30. The van der Waals surface area contributed by atoms with Gasteiger partial charge in [-0.05, 0) is 199 Å². The lowest BCUT2D eigenvalue weighted by molar-refractivity contribution is -0.250. The maximum Gasteiger partial charge on any atom is 0.160 e. The van der Waals surface area contributed by atoms with Gasteiger partial charge in [0.2, 0.25) is 0 Å². The highest BCUT2D eigenvalue weighted by molar-refractivity contribution is 9.09. The van der Waals surface area contributed by atoms with Crippen LogP contribution in [0.15, 0.2) is 0 Å². The maximum atomic E-state index is 6.98. The predicted octanol–water partition coefficient (Wildman–Crippen LogP) is 24.2. The van der Waals surface area contributed by atoms with E-state index in [0.29, 0.717) is 0 Å². The highest BCUT2D eigenvalue weighted by Crippen LogP contribution is 2.33. The molecule has 0 saturated carbocycles. The molecule has 0 saturated heterocycles. The van der Waals surface area contributed by atoms with Crippen molar-refractivity contribution in [2.24, 2.45) is 71.0 Å². The Kier molecular flexibility index (Phi) is 51.6. The first-order chi connectivity index (χ1) is 35.0. The van der Waals surface area contributed by atoms with Crippen molar-refractivity contribution in [2.75, 3.05) is 23.9 Å². The van der Waals surface area contributed by atoms with Crippen LogP contribution in [0.3, 0.4) is 0 Å². The Morgan fingerprint density at radius 1 is 0.247 bits per heavy atom. The second kappa shape index (κ2) is 51.0. The molecule has 0 bridgehead atoms. The van der Waals surface area contributed by atoms with Crippen molar-refractivity contribution in [2.45, 2.75) is 341 Å². The van der Waals surface area contributed by atoms with E-state index in [1.807, 2.05) is 0 Å². The van der Waals surface area contributed by atoms with Crippen LogP contribution in [0, 0.1) is 71.0 Å². The number of ether oxygens (including phenoxy) is 3. The molecule has 5 heteroatoms. The molecule has 0 aliphatic rings. The van der Waals surface area contributed by atoms with Crippen LogP contribution in [0.25, 0.3) is 0 Å². The van der Waals surface area contributed by atoms with Crippen LogP contribution in [0.5, 0.6) is 0 Å². The fourth-order valence-electron chi connectivity index (χ4n) is 13.7. The van der Waals surface area contributed by atoms with Gasteiger partial charge in [-0.15, -0.1) is 0 Å². The molecule has 73 heavy (non-hydrogen) atoms. The van der Waals surface area contributed by atoms with Crippen LogP contribution in [0.2, 0.25) is 0 Å². The number of hydrogen-bond acceptors (Lipinski definition) is 3. The van der Waals surface area contributed by atoms with Gasteiger partial charge in [-0.25, -0.2) is 0 Å². The topological polar surface area (TPSA) is 27.7 Å². The normalized spacial score (nSPS) is 18.1. The molecule has 0 N–H and O–H groups in total. The van der Waals surface area contributed by atoms with E-state index in [2.05, 4.69) is 129 Å². The van der Waals surface area contributed by atoms with Crippen molar-refractivity contribution in [3.8, 4) is 0 Å². The van der Waals surface area contributed by atoms with E-state index in [1.54, 1.807) is 0 Å². The van der Waals surface area contributed by atoms with Gasteiger partial charge in [0.15, 0.2) is 12.6 Å². The van der Waals surface area contributed by atoms with Gasteiger partial charge in [0.25, 0.3) is 0 Å². The van der Waals surface area contributed by atoms with E-state index >= 15 is 0 Å². The van der Waals surface area contributed by atoms with Crippen molar-refractivity contribution in [3.05, 3.63) is 0 Å². The summed E-state index contributed by atoms with van der Waals surface area (Å²) in [5.74, 6) is 9.67. The third-order valence-electron chi connectivity index (χ3n) is 16.9. The van der Waals surface area contributed by atoms with Crippen LogP contribution in [0.1, 0.15) is 328 Å². The highest BCUT2D eigenvalue weighted by atomic mass is 79.9. The molecule has 0 spiro atoms. The molecule has 0 fully saturated rings. The minimum atomic E-state index is -0.166. The molecular formula is C68H136Br2O3. The first-order valence-electron chi connectivity index (χ1n) is 33.0. The summed E-state index contributed by atoms with van der Waals surface area (Å²) in [6, 6.07) is 0. The largest absolute Gasteiger partial charge is 0.353 e. The number of rotatable bonds is 56. The van der Waals surface area contributed by atoms with Gasteiger partial charge in [0.05, 0.1) is 0 Å². The van der Waals surface area contributed by atoms with Gasteiger partial charge in [-0.3, -0.25) is 0 Å². The molecule has 0 rings (SSSR count). The standard InChI is InChI=1S/C68H136Br2O3/c1-15-17-19-21-23-25-27-29-43-71-67(39-31-35-55(3)45-59(7)49-63(11)53-65(13)51-61(9)47-57(5)37-33-41-69)73-68(72-44-30-28-26-24-22-20-18-16-2)40-32-36-56(4)46-60(8)50-64(12)54-66(14)52-62(10)48-58(6)38-34-42-70/h55-68H,15-54H2,1-14H3. The van der Waals surface area contributed by atoms with E-state index in [0.717, 1.165) is 121 Å². The zero-order chi connectivity index (χ0) is 54.5. The van der Waals surface area contributed by atoms with Crippen molar-refractivity contribution < 1.29 is 14.2 Å². The van der Waals surface area contributed by atoms with Crippen LogP contribution in [-0.4, -0.2) is 36.5 Å². The summed E-state index contributed by atoms with van der Waals surface area (Å²) in [4.78, 5) is 0. The number of halogens is 2. The number of hydrogen-bond donors (Lipinski definition) is 0. The van der Waals surface area contributed by atoms with E-state index in [-0.39, 0.29) is 12.6 Å². The Bertz CT molecular complexity index is 1040. The molecule has 0 radical (unpaired) electrons. The first-order valence-corrected chi connectivity index (χ1v) is 35.3. The second-order valence-electron chi connectivity index (χ2n) is 26.8. The molecule has 440 valence electrons. The molecular weight excluding hydrogens is 1020 g/mol. The molecule has 0 heterocycles. The first kappa shape index (κ1) is 73.8. The molecule has 0 aromatic heterocycles. The lowest BCUT2D eigenvalue weighted by Crippen LogP contribution is -2.28. The fraction of sp³-hybridized carbons (Fsp3) is 1.00. The Morgan fingerprint density at radius 3 is 0.712 bits per heavy atom. The van der Waals surface area contributed by atoms with Gasteiger partial charge >= 0.3 is 0 Å². The monoisotopic (exact) mass is 1160 g/mol. The summed E-state index contributed by atoms with van der Waals surface area (Å²) < 4.78 is 20.4. The lowest BCUT2D eigenvalue weighted by atomic mass is 9.81. The quantitative estimate of drug-likeness (QED) is 0.0345. The van der Waals surface area contributed by atoms with Crippen molar-refractivity contribution in [1.29, 1.82) is 0 Å². The third-order valence-corrected chi connectivity index (χ3v) is 18.0. The smallest absolute Gasteiger partial charge is 0.160 e. The molecule has 0 aliphatic heterocycles. The maximum absolute atomic E-state index is 6.98. The van der Waals surface area contributed by atoms with Gasteiger partial charge in [0.1, 0.15) is 0 Å². The van der Waals surface area contributed by atoms with Gasteiger partial charge < -0.3 is 14.2 Å². The Labute approximate surface area is 478 Å². The molecule has 0 aromatic carbocycles. The van der Waals surface area contributed by atoms with Gasteiger partial charge in [-0.2, -0.15) is 0 Å². The Balaban J connectivity index is 5.44. The van der Waals surface area contributed by atoms with E-state index in [9.17, 15) is 0 Å². The minimum Gasteiger partial charge on any atom is -0.353 e. The van der Waals surface area contributed by atoms with Crippen molar-refractivity contribution in [3.63, 3.8) is 0 Å². The van der Waals surface area contributed by atoms with Crippen LogP contribution in [-0.2, 0) is 14.2 Å². The summed E-state index contributed by atoms with van der Waals surface area (Å²) in [5, 5.41) is 2.29. The molecule has 14 atom stereocenters. The Morgan fingerprint density at radius 2 is 0.466 bits per heavy atom. The molecule has 3 nitrogen and oxygen atoms in total. The SMILES string of the molecule is CCCCCCCCCCOC(CCCC(C)CC(C)CC(C)CC(C)CC(C)CC(C)CCCBr)OC(CCCC(C)CC(C)CC(C)CC(C)CC(C)CC(C)CCCBr)OCCCCCCCCCC. The zero-order valence-electron chi connectivity index (χ0n) is 52.3. The summed E-state index contributed by atoms with van der Waals surface area (Å²) in [7, 11) is 0.